The Bertz CT molecular complexity index is 536. The third-order valence-corrected chi connectivity index (χ3v) is 4.92. The van der Waals surface area contributed by atoms with Crippen molar-refractivity contribution in [3.63, 3.8) is 0 Å². The first-order valence-corrected chi connectivity index (χ1v) is 7.48. The van der Waals surface area contributed by atoms with Crippen LogP contribution in [0.4, 0.5) is 0 Å². The van der Waals surface area contributed by atoms with Crippen LogP contribution in [0, 0.1) is 0 Å². The lowest BCUT2D eigenvalue weighted by Gasteiger charge is -2.18. The first-order valence-electron chi connectivity index (χ1n) is 5.77. The van der Waals surface area contributed by atoms with E-state index in [0.29, 0.717) is 12.8 Å². The average molecular weight is 274 g/mol. The molecular weight excluding hydrogens is 260 g/mol. The summed E-state index contributed by atoms with van der Waals surface area (Å²) in [6, 6.07) is 0. The SMILES string of the molecule is CCOC(=O)c1noc(C2CCCCS2(=O)=O)n1. The van der Waals surface area contributed by atoms with Crippen LogP contribution in [-0.2, 0) is 14.6 Å². The van der Waals surface area contributed by atoms with E-state index in [1.807, 2.05) is 0 Å². The monoisotopic (exact) mass is 274 g/mol. The highest BCUT2D eigenvalue weighted by Crippen LogP contribution is 2.32. The van der Waals surface area contributed by atoms with Crippen LogP contribution in [0.1, 0.15) is 47.9 Å². The Kier molecular flexibility index (Phi) is 3.65. The lowest BCUT2D eigenvalue weighted by atomic mass is 10.2. The maximum Gasteiger partial charge on any atom is 0.379 e. The summed E-state index contributed by atoms with van der Waals surface area (Å²) in [6.45, 7) is 1.86. The largest absolute Gasteiger partial charge is 0.460 e. The lowest BCUT2D eigenvalue weighted by molar-refractivity contribution is 0.0508. The minimum Gasteiger partial charge on any atom is -0.460 e. The molecule has 1 aromatic heterocycles. The van der Waals surface area contributed by atoms with Crippen molar-refractivity contribution < 1.29 is 22.5 Å². The fourth-order valence-corrected chi connectivity index (χ4v) is 3.70. The molecule has 0 aromatic carbocycles. The molecule has 7 nitrogen and oxygen atoms in total. The summed E-state index contributed by atoms with van der Waals surface area (Å²) in [7, 11) is -3.25. The number of esters is 1. The van der Waals surface area contributed by atoms with Crippen molar-refractivity contribution in [2.75, 3.05) is 12.4 Å². The van der Waals surface area contributed by atoms with Gasteiger partial charge in [-0.15, -0.1) is 0 Å². The molecule has 0 bridgehead atoms. The van der Waals surface area contributed by atoms with Gasteiger partial charge in [-0.3, -0.25) is 0 Å². The summed E-state index contributed by atoms with van der Waals surface area (Å²) < 4.78 is 33.3. The normalized spacial score (nSPS) is 22.6. The molecule has 8 heteroatoms. The van der Waals surface area contributed by atoms with E-state index in [0.717, 1.165) is 6.42 Å². The van der Waals surface area contributed by atoms with Crippen molar-refractivity contribution in [2.24, 2.45) is 0 Å². The van der Waals surface area contributed by atoms with E-state index in [1.54, 1.807) is 6.92 Å². The quantitative estimate of drug-likeness (QED) is 0.754. The zero-order valence-electron chi connectivity index (χ0n) is 9.96. The van der Waals surface area contributed by atoms with Crippen LogP contribution in [0.5, 0.6) is 0 Å². The molecule has 1 unspecified atom stereocenters. The zero-order valence-corrected chi connectivity index (χ0v) is 10.8. The number of ether oxygens (including phenoxy) is 1. The molecule has 0 amide bonds. The molecule has 0 saturated carbocycles. The predicted octanol–water partition coefficient (Wildman–Crippen LogP) is 0.886. The van der Waals surface area contributed by atoms with Gasteiger partial charge in [0, 0.05) is 0 Å². The number of carbonyl (C=O) groups is 1. The van der Waals surface area contributed by atoms with Gasteiger partial charge in [-0.25, -0.2) is 13.2 Å². The van der Waals surface area contributed by atoms with E-state index in [1.165, 1.54) is 0 Å². The Labute approximate surface area is 104 Å². The first kappa shape index (κ1) is 13.0. The van der Waals surface area contributed by atoms with Gasteiger partial charge in [0.25, 0.3) is 5.82 Å². The van der Waals surface area contributed by atoms with Gasteiger partial charge in [-0.05, 0) is 24.9 Å². The van der Waals surface area contributed by atoms with E-state index < -0.39 is 21.1 Å². The van der Waals surface area contributed by atoms with Gasteiger partial charge in [-0.1, -0.05) is 6.42 Å². The van der Waals surface area contributed by atoms with Crippen molar-refractivity contribution >= 4 is 15.8 Å². The summed E-state index contributed by atoms with van der Waals surface area (Å²) in [6.07, 6.45) is 1.89. The Balaban J connectivity index is 2.21. The van der Waals surface area contributed by atoms with Gasteiger partial charge in [0.2, 0.25) is 5.89 Å². The van der Waals surface area contributed by atoms with E-state index in [2.05, 4.69) is 10.1 Å². The summed E-state index contributed by atoms with van der Waals surface area (Å²) in [5.41, 5.74) is 0. The molecule has 1 fully saturated rings. The highest BCUT2D eigenvalue weighted by Gasteiger charge is 2.35. The number of rotatable bonds is 3. The van der Waals surface area contributed by atoms with Crippen LogP contribution >= 0.6 is 0 Å². The molecule has 100 valence electrons. The molecule has 1 saturated heterocycles. The van der Waals surface area contributed by atoms with E-state index >= 15 is 0 Å². The summed E-state index contributed by atoms with van der Waals surface area (Å²) in [5, 5.41) is 2.66. The summed E-state index contributed by atoms with van der Waals surface area (Å²) >= 11 is 0. The smallest absolute Gasteiger partial charge is 0.379 e. The summed E-state index contributed by atoms with van der Waals surface area (Å²) in [5.74, 6) is -0.833. The minimum absolute atomic E-state index is 0.0160. The van der Waals surface area contributed by atoms with Crippen molar-refractivity contribution in [1.82, 2.24) is 10.1 Å². The van der Waals surface area contributed by atoms with Crippen molar-refractivity contribution in [3.05, 3.63) is 11.7 Å². The fraction of sp³-hybridized carbons (Fsp3) is 0.700. The van der Waals surface area contributed by atoms with Gasteiger partial charge in [0.1, 0.15) is 5.25 Å². The van der Waals surface area contributed by atoms with E-state index in [9.17, 15) is 13.2 Å². The molecule has 1 aliphatic rings. The van der Waals surface area contributed by atoms with Crippen molar-refractivity contribution in [1.29, 1.82) is 0 Å². The molecule has 0 N–H and O–H groups in total. The van der Waals surface area contributed by atoms with Gasteiger partial charge in [0.05, 0.1) is 12.4 Å². The van der Waals surface area contributed by atoms with Gasteiger partial charge in [-0.2, -0.15) is 4.98 Å². The van der Waals surface area contributed by atoms with Crippen LogP contribution in [0.25, 0.3) is 0 Å². The highest BCUT2D eigenvalue weighted by atomic mass is 32.2. The number of aromatic nitrogens is 2. The average Bonchev–Trinajstić information content (AvgIpc) is 2.78. The number of hydrogen-bond acceptors (Lipinski definition) is 7. The third kappa shape index (κ3) is 2.53. The standard InChI is InChI=1S/C10H14N2O5S/c1-2-16-10(13)8-11-9(17-12-8)7-5-3-4-6-18(7,14)15/h7H,2-6H2,1H3. The number of sulfone groups is 1. The highest BCUT2D eigenvalue weighted by molar-refractivity contribution is 7.91. The number of hydrogen-bond donors (Lipinski definition) is 0. The van der Waals surface area contributed by atoms with Crippen LogP contribution in [0.3, 0.4) is 0 Å². The second-order valence-electron chi connectivity index (χ2n) is 4.03. The second-order valence-corrected chi connectivity index (χ2v) is 6.33. The van der Waals surface area contributed by atoms with Crippen LogP contribution < -0.4 is 0 Å². The van der Waals surface area contributed by atoms with E-state index in [4.69, 9.17) is 9.26 Å². The molecule has 18 heavy (non-hydrogen) atoms. The van der Waals surface area contributed by atoms with Gasteiger partial charge < -0.3 is 9.26 Å². The maximum atomic E-state index is 11.8. The molecule has 2 heterocycles. The number of nitrogens with zero attached hydrogens (tertiary/aromatic N) is 2. The van der Waals surface area contributed by atoms with Gasteiger partial charge in [0.15, 0.2) is 9.84 Å². The third-order valence-electron chi connectivity index (χ3n) is 2.75. The molecule has 0 spiro atoms. The molecule has 1 aromatic rings. The van der Waals surface area contributed by atoms with Crippen LogP contribution in [-0.4, -0.2) is 36.9 Å². The van der Waals surface area contributed by atoms with Gasteiger partial charge >= 0.3 is 5.97 Å². The molecule has 1 aliphatic heterocycles. The molecule has 0 radical (unpaired) electrons. The maximum absolute atomic E-state index is 11.8. The summed E-state index contributed by atoms with van der Waals surface area (Å²) in [4.78, 5) is 15.2. The second kappa shape index (κ2) is 5.05. The predicted molar refractivity (Wildman–Crippen MR) is 60.6 cm³/mol. The van der Waals surface area contributed by atoms with Crippen LogP contribution in [0.2, 0.25) is 0 Å². The Hall–Kier alpha value is -1.44. The van der Waals surface area contributed by atoms with Crippen molar-refractivity contribution in [3.8, 4) is 0 Å². The Morgan fingerprint density at radius 1 is 1.50 bits per heavy atom. The lowest BCUT2D eigenvalue weighted by Crippen LogP contribution is -2.22. The topological polar surface area (TPSA) is 99.4 Å². The first-order chi connectivity index (χ1) is 8.54. The Morgan fingerprint density at radius 3 is 2.94 bits per heavy atom. The van der Waals surface area contributed by atoms with E-state index in [-0.39, 0.29) is 24.1 Å². The molecule has 0 aliphatic carbocycles. The van der Waals surface area contributed by atoms with Crippen LogP contribution in [0.15, 0.2) is 4.52 Å². The van der Waals surface area contributed by atoms with Crippen molar-refractivity contribution in [2.45, 2.75) is 31.4 Å². The number of carbonyl (C=O) groups excluding carboxylic acids is 1. The zero-order chi connectivity index (χ0) is 13.2. The molecule has 1 atom stereocenters. The molecular formula is C10H14N2O5S. The fourth-order valence-electron chi connectivity index (χ4n) is 1.88. The Morgan fingerprint density at radius 2 is 2.28 bits per heavy atom. The minimum atomic E-state index is -3.25. The molecule has 2 rings (SSSR count).